The summed E-state index contributed by atoms with van der Waals surface area (Å²) in [5.74, 6) is -0.112. The van der Waals surface area contributed by atoms with Crippen LogP contribution >= 0.6 is 0 Å². The summed E-state index contributed by atoms with van der Waals surface area (Å²) in [7, 11) is -3.85. The Morgan fingerprint density at radius 3 is 2.61 bits per heavy atom. The lowest BCUT2D eigenvalue weighted by atomic mass is 10.2. The molecule has 1 saturated carbocycles. The third kappa shape index (κ3) is 6.96. The molecule has 1 heterocycles. The highest BCUT2D eigenvalue weighted by atomic mass is 32.2. The second-order valence-electron chi connectivity index (χ2n) is 8.12. The van der Waals surface area contributed by atoms with Crippen LogP contribution in [0.4, 0.5) is 11.5 Å². The van der Waals surface area contributed by atoms with Crippen LogP contribution in [0.25, 0.3) is 0 Å². The van der Waals surface area contributed by atoms with Crippen LogP contribution in [0.3, 0.4) is 0 Å². The highest BCUT2D eigenvalue weighted by molar-refractivity contribution is 7.89. The van der Waals surface area contributed by atoms with Gasteiger partial charge in [-0.25, -0.2) is 23.1 Å². The molecule has 1 aromatic heterocycles. The van der Waals surface area contributed by atoms with Crippen LogP contribution in [0, 0.1) is 12.8 Å². The first-order valence-electron chi connectivity index (χ1n) is 10.9. The van der Waals surface area contributed by atoms with Crippen molar-refractivity contribution in [2.75, 3.05) is 29.9 Å². The van der Waals surface area contributed by atoms with Crippen LogP contribution < -0.4 is 14.9 Å². The van der Waals surface area contributed by atoms with E-state index in [2.05, 4.69) is 31.8 Å². The SMILES string of the molecule is CCCN(CC1CC1)c1cc(C(=O)Nc2ccc(S(=O)(=O)NCCC(=O)O)cc2C)ncn1. The first-order valence-corrected chi connectivity index (χ1v) is 12.4. The molecule has 3 rings (SSSR count). The van der Waals surface area contributed by atoms with E-state index >= 15 is 0 Å². The fourth-order valence-corrected chi connectivity index (χ4v) is 4.45. The molecule has 0 unspecified atom stereocenters. The minimum atomic E-state index is -3.85. The van der Waals surface area contributed by atoms with Gasteiger partial charge in [0.1, 0.15) is 17.8 Å². The van der Waals surface area contributed by atoms with Crippen LogP contribution in [0.2, 0.25) is 0 Å². The Morgan fingerprint density at radius 1 is 1.21 bits per heavy atom. The maximum Gasteiger partial charge on any atom is 0.304 e. The number of hydrogen-bond acceptors (Lipinski definition) is 7. The zero-order chi connectivity index (χ0) is 24.0. The summed E-state index contributed by atoms with van der Waals surface area (Å²) < 4.78 is 26.9. The minimum absolute atomic E-state index is 0.0111. The lowest BCUT2D eigenvalue weighted by Crippen LogP contribution is -2.28. The van der Waals surface area contributed by atoms with Gasteiger partial charge in [-0.15, -0.1) is 0 Å². The average Bonchev–Trinajstić information content (AvgIpc) is 3.58. The zero-order valence-electron chi connectivity index (χ0n) is 18.7. The fourth-order valence-electron chi connectivity index (χ4n) is 3.33. The molecule has 0 aliphatic heterocycles. The van der Waals surface area contributed by atoms with E-state index in [0.29, 0.717) is 17.2 Å². The minimum Gasteiger partial charge on any atom is -0.481 e. The number of aromatic nitrogens is 2. The molecule has 1 amide bonds. The first-order chi connectivity index (χ1) is 15.7. The molecule has 0 saturated heterocycles. The van der Waals surface area contributed by atoms with Crippen LogP contribution in [0.5, 0.6) is 0 Å². The predicted molar refractivity (Wildman–Crippen MR) is 124 cm³/mol. The van der Waals surface area contributed by atoms with Crippen molar-refractivity contribution >= 4 is 33.4 Å². The molecule has 1 fully saturated rings. The molecule has 1 aliphatic carbocycles. The van der Waals surface area contributed by atoms with Gasteiger partial charge in [-0.2, -0.15) is 0 Å². The summed E-state index contributed by atoms with van der Waals surface area (Å²) in [6.07, 6.45) is 4.48. The summed E-state index contributed by atoms with van der Waals surface area (Å²) in [6, 6.07) is 5.95. The number of rotatable bonds is 12. The van der Waals surface area contributed by atoms with Crippen molar-refractivity contribution in [3.05, 3.63) is 41.9 Å². The number of sulfonamides is 1. The van der Waals surface area contributed by atoms with Crippen molar-refractivity contribution in [3.8, 4) is 0 Å². The highest BCUT2D eigenvalue weighted by Crippen LogP contribution is 2.31. The Morgan fingerprint density at radius 2 is 1.97 bits per heavy atom. The van der Waals surface area contributed by atoms with Crippen molar-refractivity contribution in [1.29, 1.82) is 0 Å². The largest absolute Gasteiger partial charge is 0.481 e. The number of benzene rings is 1. The maximum atomic E-state index is 12.8. The molecule has 33 heavy (non-hydrogen) atoms. The van der Waals surface area contributed by atoms with E-state index < -0.39 is 21.9 Å². The summed E-state index contributed by atoms with van der Waals surface area (Å²) in [5, 5.41) is 11.4. The second-order valence-corrected chi connectivity index (χ2v) is 9.89. The van der Waals surface area contributed by atoms with Gasteiger partial charge in [0.15, 0.2) is 0 Å². The third-order valence-electron chi connectivity index (χ3n) is 5.27. The molecular weight excluding hydrogens is 446 g/mol. The van der Waals surface area contributed by atoms with Gasteiger partial charge in [0.05, 0.1) is 11.3 Å². The number of carbonyl (C=O) groups excluding carboxylic acids is 1. The van der Waals surface area contributed by atoms with Crippen LogP contribution in [-0.2, 0) is 14.8 Å². The third-order valence-corrected chi connectivity index (χ3v) is 6.72. The molecule has 1 aromatic carbocycles. The molecule has 178 valence electrons. The van der Waals surface area contributed by atoms with E-state index in [9.17, 15) is 18.0 Å². The molecule has 11 heteroatoms. The van der Waals surface area contributed by atoms with Crippen molar-refractivity contribution < 1.29 is 23.1 Å². The Labute approximate surface area is 193 Å². The monoisotopic (exact) mass is 475 g/mol. The quantitative estimate of drug-likeness (QED) is 0.425. The average molecular weight is 476 g/mol. The summed E-state index contributed by atoms with van der Waals surface area (Å²) >= 11 is 0. The van der Waals surface area contributed by atoms with Crippen molar-refractivity contribution in [3.63, 3.8) is 0 Å². The van der Waals surface area contributed by atoms with Gasteiger partial charge >= 0.3 is 5.97 Å². The number of carbonyl (C=O) groups is 2. The number of anilines is 2. The number of carboxylic acids is 1. The predicted octanol–water partition coefficient (Wildman–Crippen LogP) is 2.42. The highest BCUT2D eigenvalue weighted by Gasteiger charge is 2.25. The number of nitrogens with one attached hydrogen (secondary N) is 2. The molecule has 0 radical (unpaired) electrons. The van der Waals surface area contributed by atoms with Gasteiger partial charge in [-0.3, -0.25) is 9.59 Å². The Balaban J connectivity index is 1.70. The number of nitrogens with zero attached hydrogens (tertiary/aromatic N) is 3. The molecular formula is C22H29N5O5S. The number of amides is 1. The number of hydrogen-bond donors (Lipinski definition) is 3. The number of aryl methyl sites for hydroxylation is 1. The van der Waals surface area contributed by atoms with Gasteiger partial charge in [0.25, 0.3) is 5.91 Å². The van der Waals surface area contributed by atoms with Gasteiger partial charge in [-0.05, 0) is 55.9 Å². The van der Waals surface area contributed by atoms with E-state index in [1.54, 1.807) is 13.0 Å². The van der Waals surface area contributed by atoms with E-state index in [1.165, 1.54) is 37.4 Å². The molecule has 1 aliphatic rings. The normalized spacial score (nSPS) is 13.5. The Hall–Kier alpha value is -3.05. The molecule has 10 nitrogen and oxygen atoms in total. The Kier molecular flexibility index (Phi) is 7.98. The van der Waals surface area contributed by atoms with Crippen molar-refractivity contribution in [2.45, 2.75) is 44.4 Å². The zero-order valence-corrected chi connectivity index (χ0v) is 19.6. The van der Waals surface area contributed by atoms with Crippen molar-refractivity contribution in [2.24, 2.45) is 5.92 Å². The molecule has 2 aromatic rings. The summed E-state index contributed by atoms with van der Waals surface area (Å²) in [6.45, 7) is 5.34. The van der Waals surface area contributed by atoms with Crippen LogP contribution in [-0.4, -0.2) is 55.0 Å². The van der Waals surface area contributed by atoms with Gasteiger partial charge in [-0.1, -0.05) is 6.92 Å². The standard InChI is InChI=1S/C22H29N5O5S/c1-3-10-27(13-16-4-5-16)20-12-19(23-14-24-20)22(30)26-18-7-6-17(11-15(18)2)33(31,32)25-9-8-21(28)29/h6-7,11-12,14,16,25H,3-5,8-10,13H2,1-2H3,(H,26,30)(H,28,29). The maximum absolute atomic E-state index is 12.8. The first kappa shape index (κ1) is 24.6. The summed E-state index contributed by atoms with van der Waals surface area (Å²) in [5.41, 5.74) is 1.22. The molecule has 0 spiro atoms. The van der Waals surface area contributed by atoms with Gasteiger partial charge in [0, 0.05) is 31.4 Å². The molecule has 0 bridgehead atoms. The van der Waals surface area contributed by atoms with Crippen molar-refractivity contribution in [1.82, 2.24) is 14.7 Å². The van der Waals surface area contributed by atoms with Crippen LogP contribution in [0.1, 0.15) is 48.7 Å². The van der Waals surface area contributed by atoms with Crippen LogP contribution in [0.15, 0.2) is 35.5 Å². The molecule has 3 N–H and O–H groups in total. The molecule has 0 atom stereocenters. The van der Waals surface area contributed by atoms with E-state index in [-0.39, 0.29) is 23.6 Å². The van der Waals surface area contributed by atoms with E-state index in [4.69, 9.17) is 5.11 Å². The number of aliphatic carboxylic acids is 1. The number of carboxylic acid groups (broad SMARTS) is 1. The van der Waals surface area contributed by atoms with E-state index in [0.717, 1.165) is 25.3 Å². The van der Waals surface area contributed by atoms with Gasteiger partial charge in [0.2, 0.25) is 10.0 Å². The smallest absolute Gasteiger partial charge is 0.304 e. The second kappa shape index (κ2) is 10.7. The van der Waals surface area contributed by atoms with E-state index in [1.807, 2.05) is 0 Å². The Bertz CT molecular complexity index is 1120. The topological polar surface area (TPSA) is 142 Å². The lowest BCUT2D eigenvalue weighted by molar-refractivity contribution is -0.136. The lowest BCUT2D eigenvalue weighted by Gasteiger charge is -2.23. The summed E-state index contributed by atoms with van der Waals surface area (Å²) in [4.78, 5) is 34.0. The fraction of sp³-hybridized carbons (Fsp3) is 0.455. The van der Waals surface area contributed by atoms with Gasteiger partial charge < -0.3 is 15.3 Å².